The van der Waals surface area contributed by atoms with Crippen molar-refractivity contribution in [3.8, 4) is 0 Å². The fraction of sp³-hybridized carbons (Fsp3) is 0.250. The van der Waals surface area contributed by atoms with E-state index in [0.717, 1.165) is 51.8 Å². The van der Waals surface area contributed by atoms with Crippen molar-refractivity contribution in [3.05, 3.63) is 56.7 Å². The topological polar surface area (TPSA) is 50.5 Å². The molecule has 9 heteroatoms. The Hall–Kier alpha value is -1.93. The smallest absolute Gasteiger partial charge is 0.246 e. The molecular weight excluding hydrogens is 447 g/mol. The Bertz CT molecular complexity index is 1230. The van der Waals surface area contributed by atoms with Crippen LogP contribution in [0, 0.1) is 0 Å². The van der Waals surface area contributed by atoms with E-state index in [1.165, 1.54) is 11.3 Å². The molecule has 1 aromatic carbocycles. The number of halogens is 2. The van der Waals surface area contributed by atoms with Gasteiger partial charge in [0, 0.05) is 41.7 Å². The lowest BCUT2D eigenvalue weighted by Crippen LogP contribution is -2.36. The fourth-order valence-corrected chi connectivity index (χ4v) is 5.91. The molecule has 0 aliphatic carbocycles. The van der Waals surface area contributed by atoms with E-state index in [2.05, 4.69) is 4.98 Å². The Labute approximate surface area is 185 Å². The molecule has 0 atom stereocenters. The van der Waals surface area contributed by atoms with Crippen LogP contribution < -0.4 is 0 Å². The molecule has 1 amide bonds. The molecule has 0 N–H and O–H groups in total. The summed E-state index contributed by atoms with van der Waals surface area (Å²) in [4.78, 5) is 24.4. The highest BCUT2D eigenvalue weighted by Crippen LogP contribution is 2.34. The van der Waals surface area contributed by atoms with Crippen LogP contribution in [0.2, 0.25) is 10.2 Å². The predicted molar refractivity (Wildman–Crippen MR) is 120 cm³/mol. The lowest BCUT2D eigenvalue weighted by atomic mass is 9.97. The third-order valence-corrected chi connectivity index (χ3v) is 7.63. The van der Waals surface area contributed by atoms with Crippen LogP contribution in [0.15, 0.2) is 35.9 Å². The Morgan fingerprint density at radius 1 is 1.21 bits per heavy atom. The summed E-state index contributed by atoms with van der Waals surface area (Å²) in [7, 11) is 0. The van der Waals surface area contributed by atoms with Gasteiger partial charge in [-0.1, -0.05) is 23.2 Å². The van der Waals surface area contributed by atoms with E-state index in [9.17, 15) is 4.79 Å². The number of hydrogen-bond donors (Lipinski definition) is 0. The van der Waals surface area contributed by atoms with Crippen molar-refractivity contribution < 1.29 is 4.79 Å². The third kappa shape index (κ3) is 3.68. The summed E-state index contributed by atoms with van der Waals surface area (Å²) >= 11 is 15.5. The second kappa shape index (κ2) is 7.72. The van der Waals surface area contributed by atoms with E-state index >= 15 is 0 Å². The Morgan fingerprint density at radius 2 is 2.03 bits per heavy atom. The highest BCUT2D eigenvalue weighted by molar-refractivity contribution is 7.18. The number of aromatic nitrogens is 3. The molecule has 148 valence electrons. The molecular formula is C20H16Cl2N4OS2. The number of rotatable bonds is 3. The number of carbonyl (C=O) groups is 1. The van der Waals surface area contributed by atoms with Crippen molar-refractivity contribution in [1.82, 2.24) is 19.3 Å². The van der Waals surface area contributed by atoms with Crippen molar-refractivity contribution in [2.45, 2.75) is 18.8 Å². The number of hydrogen-bond acceptors (Lipinski definition) is 5. The number of imidazole rings is 1. The first-order valence-electron chi connectivity index (χ1n) is 9.22. The Kier molecular flexibility index (Phi) is 5.07. The number of benzene rings is 1. The van der Waals surface area contributed by atoms with Gasteiger partial charge in [-0.25, -0.2) is 9.97 Å². The molecule has 1 aliphatic heterocycles. The minimum absolute atomic E-state index is 0.000720. The summed E-state index contributed by atoms with van der Waals surface area (Å²) in [5, 5.41) is 4.20. The van der Waals surface area contributed by atoms with Gasteiger partial charge in [0.25, 0.3) is 0 Å². The SMILES string of the molecule is O=C(/C=C/c1c(Cl)nc2sccn12)N1CCC(c2nc3cc(Cl)ccc3s2)CC1. The molecule has 0 saturated carbocycles. The third-order valence-electron chi connectivity index (χ3n) is 5.16. The molecule has 0 spiro atoms. The largest absolute Gasteiger partial charge is 0.339 e. The van der Waals surface area contributed by atoms with Crippen LogP contribution in [0.4, 0.5) is 0 Å². The van der Waals surface area contributed by atoms with Gasteiger partial charge in [-0.05, 0) is 37.1 Å². The van der Waals surface area contributed by atoms with E-state index in [-0.39, 0.29) is 5.91 Å². The summed E-state index contributed by atoms with van der Waals surface area (Å²) in [5.74, 6) is 0.384. The van der Waals surface area contributed by atoms with E-state index in [4.69, 9.17) is 28.2 Å². The van der Waals surface area contributed by atoms with Gasteiger partial charge in [0.15, 0.2) is 10.1 Å². The van der Waals surface area contributed by atoms with Gasteiger partial charge >= 0.3 is 0 Å². The average Bonchev–Trinajstić information content (AvgIpc) is 3.41. The molecule has 0 bridgehead atoms. The van der Waals surface area contributed by atoms with Crippen LogP contribution in [-0.2, 0) is 4.79 Å². The molecule has 1 fully saturated rings. The molecule has 0 radical (unpaired) electrons. The molecule has 3 aromatic heterocycles. The van der Waals surface area contributed by atoms with Crippen molar-refractivity contribution in [2.24, 2.45) is 0 Å². The normalized spacial score (nSPS) is 15.9. The monoisotopic (exact) mass is 462 g/mol. The lowest BCUT2D eigenvalue weighted by Gasteiger charge is -2.30. The lowest BCUT2D eigenvalue weighted by molar-refractivity contribution is -0.126. The molecule has 5 nitrogen and oxygen atoms in total. The summed E-state index contributed by atoms with van der Waals surface area (Å²) < 4.78 is 3.05. The van der Waals surface area contributed by atoms with Crippen molar-refractivity contribution >= 4 is 73.0 Å². The zero-order chi connectivity index (χ0) is 20.0. The van der Waals surface area contributed by atoms with Gasteiger partial charge in [-0.3, -0.25) is 9.20 Å². The van der Waals surface area contributed by atoms with Crippen LogP contribution in [-0.4, -0.2) is 38.3 Å². The summed E-state index contributed by atoms with van der Waals surface area (Å²) in [6, 6.07) is 5.83. The highest BCUT2D eigenvalue weighted by atomic mass is 35.5. The van der Waals surface area contributed by atoms with E-state index in [1.54, 1.807) is 23.5 Å². The van der Waals surface area contributed by atoms with Gasteiger partial charge in [-0.15, -0.1) is 22.7 Å². The van der Waals surface area contributed by atoms with E-state index < -0.39 is 0 Å². The number of nitrogens with zero attached hydrogens (tertiary/aromatic N) is 4. The second-order valence-corrected chi connectivity index (χ2v) is 9.67. The summed E-state index contributed by atoms with van der Waals surface area (Å²) in [6.45, 7) is 1.44. The maximum Gasteiger partial charge on any atom is 0.246 e. The number of amides is 1. The van der Waals surface area contributed by atoms with Gasteiger partial charge in [0.2, 0.25) is 5.91 Å². The molecule has 1 aliphatic rings. The molecule has 4 heterocycles. The molecule has 0 unspecified atom stereocenters. The second-order valence-electron chi connectivity index (χ2n) is 6.94. The minimum atomic E-state index is 0.000720. The molecule has 29 heavy (non-hydrogen) atoms. The number of carbonyl (C=O) groups excluding carboxylic acids is 1. The first-order valence-corrected chi connectivity index (χ1v) is 11.7. The van der Waals surface area contributed by atoms with Crippen LogP contribution in [0.1, 0.15) is 29.5 Å². The fourth-order valence-electron chi connectivity index (χ4n) is 3.62. The quantitative estimate of drug-likeness (QED) is 0.365. The summed E-state index contributed by atoms with van der Waals surface area (Å²) in [5.41, 5.74) is 1.69. The van der Waals surface area contributed by atoms with Crippen LogP contribution in [0.5, 0.6) is 0 Å². The minimum Gasteiger partial charge on any atom is -0.339 e. The van der Waals surface area contributed by atoms with Gasteiger partial charge in [0.1, 0.15) is 0 Å². The van der Waals surface area contributed by atoms with Crippen LogP contribution >= 0.6 is 45.9 Å². The zero-order valence-corrected chi connectivity index (χ0v) is 18.4. The van der Waals surface area contributed by atoms with Crippen LogP contribution in [0.3, 0.4) is 0 Å². The van der Waals surface area contributed by atoms with Gasteiger partial charge in [0.05, 0.1) is 20.9 Å². The average molecular weight is 463 g/mol. The molecule has 5 rings (SSSR count). The standard InChI is InChI=1S/C20H16Cl2N4OS2/c21-13-1-3-16-14(11-13)23-19(29-16)12-5-7-25(8-6-12)17(27)4-2-15-18(22)24-20-26(15)9-10-28-20/h1-4,9-12H,5-8H2/b4-2+. The number of thiazole rings is 2. The van der Waals surface area contributed by atoms with E-state index in [0.29, 0.717) is 16.1 Å². The first kappa shape index (κ1) is 19.1. The highest BCUT2D eigenvalue weighted by Gasteiger charge is 2.25. The zero-order valence-electron chi connectivity index (χ0n) is 15.2. The predicted octanol–water partition coefficient (Wildman–Crippen LogP) is 5.73. The maximum atomic E-state index is 12.6. The maximum absolute atomic E-state index is 12.6. The number of piperidine rings is 1. The molecule has 1 saturated heterocycles. The van der Waals surface area contributed by atoms with Crippen molar-refractivity contribution in [3.63, 3.8) is 0 Å². The van der Waals surface area contributed by atoms with Gasteiger partial charge in [-0.2, -0.15) is 0 Å². The van der Waals surface area contributed by atoms with Crippen molar-refractivity contribution in [2.75, 3.05) is 13.1 Å². The Balaban J connectivity index is 1.25. The summed E-state index contributed by atoms with van der Waals surface area (Å²) in [6.07, 6.45) is 7.07. The number of likely N-dealkylation sites (tertiary alicyclic amines) is 1. The number of fused-ring (bicyclic) bond motifs is 2. The molecule has 4 aromatic rings. The van der Waals surface area contributed by atoms with Gasteiger partial charge < -0.3 is 4.90 Å². The first-order chi connectivity index (χ1) is 14.1. The van der Waals surface area contributed by atoms with E-state index in [1.807, 2.05) is 39.1 Å². The Morgan fingerprint density at radius 3 is 2.86 bits per heavy atom. The van der Waals surface area contributed by atoms with Crippen molar-refractivity contribution in [1.29, 1.82) is 0 Å². The van der Waals surface area contributed by atoms with Crippen LogP contribution in [0.25, 0.3) is 21.3 Å².